The van der Waals surface area contributed by atoms with Crippen LogP contribution in [0.1, 0.15) is 50.0 Å². The molecule has 0 aliphatic carbocycles. The summed E-state index contributed by atoms with van der Waals surface area (Å²) in [4.78, 5) is 26.4. The van der Waals surface area contributed by atoms with Gasteiger partial charge in [-0.3, -0.25) is 4.79 Å². The zero-order chi connectivity index (χ0) is 22.0. The Morgan fingerprint density at radius 2 is 1.63 bits per heavy atom. The van der Waals surface area contributed by atoms with E-state index in [0.29, 0.717) is 18.7 Å². The maximum absolute atomic E-state index is 12.3. The summed E-state index contributed by atoms with van der Waals surface area (Å²) in [6.07, 6.45) is 0.410. The highest BCUT2D eigenvalue weighted by Gasteiger charge is 2.15. The van der Waals surface area contributed by atoms with Crippen LogP contribution in [0.5, 0.6) is 0 Å². The van der Waals surface area contributed by atoms with Gasteiger partial charge in [0.05, 0.1) is 0 Å². The van der Waals surface area contributed by atoms with Crippen LogP contribution < -0.4 is 15.5 Å². The molecule has 0 heterocycles. The van der Waals surface area contributed by atoms with Crippen molar-refractivity contribution in [2.45, 2.75) is 46.3 Å². The second-order valence-corrected chi connectivity index (χ2v) is 8.08. The molecule has 2 N–H and O–H groups in total. The van der Waals surface area contributed by atoms with Crippen LogP contribution in [-0.2, 0) is 11.3 Å². The molecule has 0 aliphatic heterocycles. The van der Waals surface area contributed by atoms with E-state index in [9.17, 15) is 9.59 Å². The van der Waals surface area contributed by atoms with E-state index in [1.54, 1.807) is 12.1 Å². The van der Waals surface area contributed by atoms with E-state index < -0.39 is 11.7 Å². The van der Waals surface area contributed by atoms with Crippen LogP contribution >= 0.6 is 0 Å². The summed E-state index contributed by atoms with van der Waals surface area (Å²) < 4.78 is 5.21. The smallest absolute Gasteiger partial charge is 0.407 e. The number of hydrogen-bond acceptors (Lipinski definition) is 4. The molecular weight excluding hydrogens is 378 g/mol. The number of carbonyl (C=O) groups is 2. The molecule has 6 heteroatoms. The fourth-order valence-electron chi connectivity index (χ4n) is 2.94. The number of amides is 2. The van der Waals surface area contributed by atoms with Gasteiger partial charge in [-0.2, -0.15) is 0 Å². The molecule has 0 aromatic heterocycles. The van der Waals surface area contributed by atoms with Crippen LogP contribution in [0.4, 0.5) is 10.5 Å². The molecule has 0 radical (unpaired) electrons. The third kappa shape index (κ3) is 8.15. The summed E-state index contributed by atoms with van der Waals surface area (Å²) in [5.41, 5.74) is 2.17. The van der Waals surface area contributed by atoms with Crippen molar-refractivity contribution in [3.8, 4) is 0 Å². The number of hydrogen-bond donors (Lipinski definition) is 2. The highest BCUT2D eigenvalue weighted by atomic mass is 16.6. The van der Waals surface area contributed by atoms with Crippen LogP contribution in [0.25, 0.3) is 0 Å². The molecule has 2 rings (SSSR count). The van der Waals surface area contributed by atoms with E-state index in [2.05, 4.69) is 34.6 Å². The normalized spacial score (nSPS) is 10.9. The Labute approximate surface area is 179 Å². The van der Waals surface area contributed by atoms with Crippen molar-refractivity contribution in [3.63, 3.8) is 0 Å². The Balaban J connectivity index is 1.73. The molecule has 0 atom stereocenters. The molecule has 2 amide bonds. The number of alkyl carbamates (subject to hydrolysis) is 1. The van der Waals surface area contributed by atoms with Crippen LogP contribution in [0.3, 0.4) is 0 Å². The largest absolute Gasteiger partial charge is 0.444 e. The first-order valence-electron chi connectivity index (χ1n) is 10.4. The number of nitrogens with one attached hydrogen (secondary N) is 2. The van der Waals surface area contributed by atoms with Gasteiger partial charge in [-0.1, -0.05) is 30.3 Å². The van der Waals surface area contributed by atoms with Gasteiger partial charge in [0.2, 0.25) is 0 Å². The van der Waals surface area contributed by atoms with Crippen molar-refractivity contribution in [1.29, 1.82) is 0 Å². The number of carbonyl (C=O) groups excluding carboxylic acids is 2. The topological polar surface area (TPSA) is 70.7 Å². The minimum atomic E-state index is -0.527. The average molecular weight is 412 g/mol. The number of nitrogens with zero attached hydrogens (tertiary/aromatic N) is 1. The van der Waals surface area contributed by atoms with Crippen molar-refractivity contribution in [2.75, 3.05) is 24.5 Å². The Morgan fingerprint density at radius 3 is 2.23 bits per heavy atom. The van der Waals surface area contributed by atoms with Gasteiger partial charge in [0, 0.05) is 37.4 Å². The Kier molecular flexibility index (Phi) is 8.71. The molecule has 0 unspecified atom stereocenters. The lowest BCUT2D eigenvalue weighted by Crippen LogP contribution is -2.32. The summed E-state index contributed by atoms with van der Waals surface area (Å²) >= 11 is 0. The zero-order valence-corrected chi connectivity index (χ0v) is 18.4. The first-order chi connectivity index (χ1) is 14.3. The number of para-hydroxylation sites is 1. The number of benzene rings is 2. The van der Waals surface area contributed by atoms with E-state index in [-0.39, 0.29) is 5.91 Å². The van der Waals surface area contributed by atoms with Crippen LogP contribution in [0.15, 0.2) is 54.6 Å². The molecule has 0 fully saturated rings. The van der Waals surface area contributed by atoms with Crippen molar-refractivity contribution in [1.82, 2.24) is 10.6 Å². The van der Waals surface area contributed by atoms with Gasteiger partial charge in [0.1, 0.15) is 5.60 Å². The van der Waals surface area contributed by atoms with E-state index in [1.807, 2.05) is 51.1 Å². The van der Waals surface area contributed by atoms with Crippen molar-refractivity contribution in [3.05, 3.63) is 65.7 Å². The Hall–Kier alpha value is -3.02. The summed E-state index contributed by atoms with van der Waals surface area (Å²) in [5, 5.41) is 5.68. The number of ether oxygens (including phenoxy) is 1. The highest BCUT2D eigenvalue weighted by molar-refractivity contribution is 5.94. The molecule has 2 aromatic rings. The van der Waals surface area contributed by atoms with E-state index in [0.717, 1.165) is 25.1 Å². The molecule has 0 bridgehead atoms. The lowest BCUT2D eigenvalue weighted by Gasteiger charge is -2.23. The Morgan fingerprint density at radius 1 is 0.967 bits per heavy atom. The lowest BCUT2D eigenvalue weighted by molar-refractivity contribution is 0.0523. The van der Waals surface area contributed by atoms with Crippen molar-refractivity contribution < 1.29 is 14.3 Å². The fraction of sp³-hybridized carbons (Fsp3) is 0.417. The third-order valence-electron chi connectivity index (χ3n) is 4.45. The zero-order valence-electron chi connectivity index (χ0n) is 18.4. The molecule has 6 nitrogen and oxygen atoms in total. The number of anilines is 1. The van der Waals surface area contributed by atoms with Gasteiger partial charge in [0.15, 0.2) is 0 Å². The molecule has 30 heavy (non-hydrogen) atoms. The molecule has 162 valence electrons. The lowest BCUT2D eigenvalue weighted by atomic mass is 10.1. The van der Waals surface area contributed by atoms with Gasteiger partial charge in [-0.05, 0) is 63.9 Å². The summed E-state index contributed by atoms with van der Waals surface area (Å²) in [6, 6.07) is 17.5. The quantitative estimate of drug-likeness (QED) is 0.602. The molecule has 0 saturated heterocycles. The van der Waals surface area contributed by atoms with Gasteiger partial charge in [0.25, 0.3) is 5.91 Å². The SMILES string of the molecule is CCN(CCCNC(=O)c1ccc(CNC(=O)OC(C)(C)C)cc1)c1ccccc1. The number of rotatable bonds is 9. The standard InChI is InChI=1S/C24H33N3O3/c1-5-27(21-10-7-6-8-11-21)17-9-16-25-22(28)20-14-12-19(13-15-20)18-26-23(29)30-24(2,3)4/h6-8,10-15H,5,9,16-18H2,1-4H3,(H,25,28)(H,26,29). The van der Waals surface area contributed by atoms with Gasteiger partial charge < -0.3 is 20.3 Å². The molecule has 0 saturated carbocycles. The predicted octanol–water partition coefficient (Wildman–Crippen LogP) is 4.36. The molecule has 0 spiro atoms. The third-order valence-corrected chi connectivity index (χ3v) is 4.45. The predicted molar refractivity (Wildman–Crippen MR) is 121 cm³/mol. The van der Waals surface area contributed by atoms with Gasteiger partial charge in [-0.25, -0.2) is 4.79 Å². The maximum atomic E-state index is 12.3. The molecular formula is C24H33N3O3. The molecule has 2 aromatic carbocycles. The van der Waals surface area contributed by atoms with Gasteiger partial charge >= 0.3 is 6.09 Å². The minimum Gasteiger partial charge on any atom is -0.444 e. The van der Waals surface area contributed by atoms with Gasteiger partial charge in [-0.15, -0.1) is 0 Å². The fourth-order valence-corrected chi connectivity index (χ4v) is 2.94. The average Bonchev–Trinajstić information content (AvgIpc) is 2.72. The van der Waals surface area contributed by atoms with Crippen LogP contribution in [0, 0.1) is 0 Å². The first kappa shape index (κ1) is 23.3. The van der Waals surface area contributed by atoms with E-state index >= 15 is 0 Å². The summed E-state index contributed by atoms with van der Waals surface area (Å²) in [5.74, 6) is -0.0931. The van der Waals surface area contributed by atoms with E-state index in [4.69, 9.17) is 4.74 Å². The second kappa shape index (κ2) is 11.2. The molecule has 0 aliphatic rings. The second-order valence-electron chi connectivity index (χ2n) is 8.08. The summed E-state index contributed by atoms with van der Waals surface area (Å²) in [6.45, 7) is 10.4. The summed E-state index contributed by atoms with van der Waals surface area (Å²) in [7, 11) is 0. The Bertz CT molecular complexity index is 799. The van der Waals surface area contributed by atoms with Crippen LogP contribution in [0.2, 0.25) is 0 Å². The van der Waals surface area contributed by atoms with Crippen LogP contribution in [-0.4, -0.2) is 37.2 Å². The monoisotopic (exact) mass is 411 g/mol. The van der Waals surface area contributed by atoms with E-state index in [1.165, 1.54) is 5.69 Å². The highest BCUT2D eigenvalue weighted by Crippen LogP contribution is 2.13. The van der Waals surface area contributed by atoms with Crippen molar-refractivity contribution in [2.24, 2.45) is 0 Å². The first-order valence-corrected chi connectivity index (χ1v) is 10.4. The minimum absolute atomic E-state index is 0.0931. The maximum Gasteiger partial charge on any atom is 0.407 e. The van der Waals surface area contributed by atoms with Crippen molar-refractivity contribution >= 4 is 17.7 Å².